The molecule has 4 rings (SSSR count). The van der Waals surface area contributed by atoms with Crippen LogP contribution in [0.25, 0.3) is 0 Å². The number of benzene rings is 4. The fourth-order valence-electron chi connectivity index (χ4n) is 3.76. The summed E-state index contributed by atoms with van der Waals surface area (Å²) in [4.78, 5) is 4.38. The molecule has 0 unspecified atom stereocenters. The molecule has 0 spiro atoms. The Kier molecular flexibility index (Phi) is 17.4. The van der Waals surface area contributed by atoms with Gasteiger partial charge in [0.05, 0.1) is 13.8 Å². The molecule has 0 aliphatic heterocycles. The van der Waals surface area contributed by atoms with E-state index in [1.165, 1.54) is 21.2 Å². The fourth-order valence-corrected chi connectivity index (χ4v) is 7.89. The summed E-state index contributed by atoms with van der Waals surface area (Å²) in [6.45, 7) is 7.99. The third-order valence-corrected chi connectivity index (χ3v) is 11.2. The second kappa shape index (κ2) is 20.5. The minimum Gasteiger partial charge on any atom is -0.308 e. The van der Waals surface area contributed by atoms with E-state index in [-0.39, 0.29) is 0 Å². The van der Waals surface area contributed by atoms with Crippen LogP contribution in [-0.2, 0) is 0 Å². The number of rotatable bonds is 11. The Hall–Kier alpha value is -2.42. The van der Waals surface area contributed by atoms with Crippen LogP contribution in [0.15, 0.2) is 121 Å². The van der Waals surface area contributed by atoms with Crippen LogP contribution in [0.5, 0.6) is 0 Å². The molecule has 0 atom stereocenters. The lowest BCUT2D eigenvalue weighted by molar-refractivity contribution is -0.488. The SMILES string of the molecule is C=[N+](C)CCN(C)C.CN(C)CCN(C)P(c1ccccc1)c1ccccc1.ClP(c1ccccc1)c1ccccc1. The minimum absolute atomic E-state index is 0.436. The molecule has 0 saturated heterocycles. The number of hydrogen-bond donors (Lipinski definition) is 0. The van der Waals surface area contributed by atoms with Gasteiger partial charge in [-0.15, -0.1) is 0 Å². The molecule has 42 heavy (non-hydrogen) atoms. The molecule has 0 saturated carbocycles. The van der Waals surface area contributed by atoms with Crippen molar-refractivity contribution in [2.24, 2.45) is 0 Å². The Labute approximate surface area is 262 Å². The monoisotopic (exact) mass is 621 g/mol. The van der Waals surface area contributed by atoms with Crippen LogP contribution in [0.3, 0.4) is 0 Å². The van der Waals surface area contributed by atoms with E-state index in [4.69, 9.17) is 11.2 Å². The summed E-state index contributed by atoms with van der Waals surface area (Å²) in [5.41, 5.74) is 0. The quantitative estimate of drug-likeness (QED) is 0.121. The van der Waals surface area contributed by atoms with Crippen molar-refractivity contribution in [2.45, 2.75) is 0 Å². The molecule has 4 aromatic carbocycles. The van der Waals surface area contributed by atoms with Crippen molar-refractivity contribution in [3.63, 3.8) is 0 Å². The van der Waals surface area contributed by atoms with E-state index >= 15 is 0 Å². The van der Waals surface area contributed by atoms with Crippen molar-refractivity contribution in [3.8, 4) is 0 Å². The standard InChI is InChI=1S/C17H23N2P.C12H10ClP.C6H15N2/c1-18(2)14-15-19(3)20(16-10-6-4-7-11-16)17-12-8-5-9-13-17;13-14(11-7-3-1-4-8-11)12-9-5-2-6-10-12;1-7(2)5-6-8(3)4/h4-13H,14-15H2,1-3H3;1-10H;1,5-6H2,2-4H3/q;;+1. The molecular weight excluding hydrogens is 574 g/mol. The normalized spacial score (nSPS) is 10.9. The van der Waals surface area contributed by atoms with Crippen LogP contribution >= 0.6 is 26.6 Å². The molecular formula is C35H48ClN4P2+. The lowest BCUT2D eigenvalue weighted by atomic mass is 10.4. The molecule has 0 bridgehead atoms. The Morgan fingerprint density at radius 3 is 1.17 bits per heavy atom. The second-order valence-corrected chi connectivity index (χ2v) is 15.5. The summed E-state index contributed by atoms with van der Waals surface area (Å²) in [7, 11) is 11.4. The van der Waals surface area contributed by atoms with Gasteiger partial charge >= 0.3 is 0 Å². The van der Waals surface area contributed by atoms with E-state index in [2.05, 4.69) is 141 Å². The van der Waals surface area contributed by atoms with E-state index in [0.717, 1.165) is 26.2 Å². The van der Waals surface area contributed by atoms with Crippen LogP contribution in [0.2, 0.25) is 0 Å². The summed E-state index contributed by atoms with van der Waals surface area (Å²) >= 11 is 6.40. The van der Waals surface area contributed by atoms with Crippen molar-refractivity contribution in [2.75, 3.05) is 68.5 Å². The van der Waals surface area contributed by atoms with Gasteiger partial charge in [-0.05, 0) is 56.5 Å². The van der Waals surface area contributed by atoms with Gasteiger partial charge in [-0.25, -0.2) is 4.58 Å². The zero-order valence-electron chi connectivity index (χ0n) is 26.1. The maximum Gasteiger partial charge on any atom is 0.154 e. The molecule has 4 nitrogen and oxygen atoms in total. The smallest absolute Gasteiger partial charge is 0.154 e. The number of nitrogens with zero attached hydrogens (tertiary/aromatic N) is 4. The molecule has 0 amide bonds. The van der Waals surface area contributed by atoms with Gasteiger partial charge in [-0.3, -0.25) is 4.67 Å². The predicted molar refractivity (Wildman–Crippen MR) is 192 cm³/mol. The van der Waals surface area contributed by atoms with Crippen molar-refractivity contribution >= 4 is 54.5 Å². The highest BCUT2D eigenvalue weighted by molar-refractivity contribution is 7.95. The molecule has 7 heteroatoms. The fraction of sp³-hybridized carbons (Fsp3) is 0.286. The first-order valence-corrected chi connectivity index (χ1v) is 17.7. The van der Waals surface area contributed by atoms with Gasteiger partial charge in [0.1, 0.15) is 13.8 Å². The molecule has 0 aliphatic rings. The first-order chi connectivity index (χ1) is 20.2. The van der Waals surface area contributed by atoms with Gasteiger partial charge in [-0.2, -0.15) is 0 Å². The van der Waals surface area contributed by atoms with Crippen LogP contribution < -0.4 is 21.2 Å². The predicted octanol–water partition coefficient (Wildman–Crippen LogP) is 5.69. The Morgan fingerprint density at radius 1 is 0.548 bits per heavy atom. The van der Waals surface area contributed by atoms with Crippen molar-refractivity contribution in [3.05, 3.63) is 121 Å². The second-order valence-electron chi connectivity index (χ2n) is 10.5. The lowest BCUT2D eigenvalue weighted by Crippen LogP contribution is -2.31. The van der Waals surface area contributed by atoms with E-state index in [1.807, 2.05) is 48.0 Å². The van der Waals surface area contributed by atoms with Crippen molar-refractivity contribution in [1.82, 2.24) is 14.5 Å². The highest BCUT2D eigenvalue weighted by atomic mass is 35.7. The first kappa shape index (κ1) is 35.8. The van der Waals surface area contributed by atoms with Crippen LogP contribution in [0, 0.1) is 0 Å². The number of halogens is 1. The topological polar surface area (TPSA) is 12.7 Å². The lowest BCUT2D eigenvalue weighted by Gasteiger charge is -2.29. The maximum absolute atomic E-state index is 6.40. The van der Waals surface area contributed by atoms with E-state index in [9.17, 15) is 0 Å². The maximum atomic E-state index is 6.40. The summed E-state index contributed by atoms with van der Waals surface area (Å²) in [6.07, 6.45) is 0. The Morgan fingerprint density at radius 2 is 0.881 bits per heavy atom. The summed E-state index contributed by atoms with van der Waals surface area (Å²) < 4.78 is 4.42. The van der Waals surface area contributed by atoms with Gasteiger partial charge in [0.2, 0.25) is 0 Å². The van der Waals surface area contributed by atoms with Gasteiger partial charge in [0.15, 0.2) is 6.54 Å². The highest BCUT2D eigenvalue weighted by Gasteiger charge is 2.18. The molecule has 0 fully saturated rings. The van der Waals surface area contributed by atoms with Crippen LogP contribution in [0.4, 0.5) is 0 Å². The first-order valence-electron chi connectivity index (χ1n) is 14.2. The summed E-state index contributed by atoms with van der Waals surface area (Å²) in [5, 5.41) is 5.23. The van der Waals surface area contributed by atoms with Gasteiger partial charge in [-0.1, -0.05) is 133 Å². The molecule has 0 aromatic heterocycles. The Balaban J connectivity index is 0.000000243. The van der Waals surface area contributed by atoms with Gasteiger partial charge in [0.25, 0.3) is 0 Å². The number of hydrogen-bond acceptors (Lipinski definition) is 3. The average molecular weight is 622 g/mol. The molecule has 0 aliphatic carbocycles. The summed E-state index contributed by atoms with van der Waals surface area (Å²) in [5.74, 6) is 0. The highest BCUT2D eigenvalue weighted by Crippen LogP contribution is 2.38. The molecule has 0 N–H and O–H groups in total. The molecule has 4 aromatic rings. The molecule has 224 valence electrons. The summed E-state index contributed by atoms with van der Waals surface area (Å²) in [6, 6.07) is 42.1. The zero-order valence-corrected chi connectivity index (χ0v) is 28.7. The molecule has 0 radical (unpaired) electrons. The van der Waals surface area contributed by atoms with E-state index < -0.39 is 15.3 Å². The van der Waals surface area contributed by atoms with E-state index in [1.54, 1.807) is 0 Å². The van der Waals surface area contributed by atoms with Crippen molar-refractivity contribution in [1.29, 1.82) is 0 Å². The zero-order chi connectivity index (χ0) is 30.7. The van der Waals surface area contributed by atoms with Crippen LogP contribution in [0.1, 0.15) is 0 Å². The van der Waals surface area contributed by atoms with Gasteiger partial charge in [0, 0.05) is 21.2 Å². The average Bonchev–Trinajstić information content (AvgIpc) is 3.01. The third-order valence-electron chi connectivity index (χ3n) is 6.11. The van der Waals surface area contributed by atoms with Crippen molar-refractivity contribution < 1.29 is 4.58 Å². The van der Waals surface area contributed by atoms with Crippen LogP contribution in [-0.4, -0.2) is 94.2 Å². The molecule has 0 heterocycles. The Bertz CT molecular complexity index is 1160. The van der Waals surface area contributed by atoms with Gasteiger partial charge < -0.3 is 9.80 Å². The number of likely N-dealkylation sites (N-methyl/N-ethyl adjacent to an activating group) is 4. The van der Waals surface area contributed by atoms with E-state index in [0.29, 0.717) is 0 Å². The largest absolute Gasteiger partial charge is 0.308 e. The minimum atomic E-state index is -0.699. The third kappa shape index (κ3) is 14.2.